The maximum Gasteiger partial charge on any atom is 0.262 e. The second kappa shape index (κ2) is 6.56. The van der Waals surface area contributed by atoms with E-state index < -0.39 is 0 Å². The van der Waals surface area contributed by atoms with Gasteiger partial charge in [0.2, 0.25) is 0 Å². The molecule has 134 valence electrons. The summed E-state index contributed by atoms with van der Waals surface area (Å²) in [6, 6.07) is 24.1. The van der Waals surface area contributed by atoms with Gasteiger partial charge in [-0.1, -0.05) is 36.4 Å². The molecular formula is C23H20N2O2. The van der Waals surface area contributed by atoms with Gasteiger partial charge in [0, 0.05) is 35.1 Å². The number of ether oxygens (including phenoxy) is 1. The van der Waals surface area contributed by atoms with Crippen LogP contribution in [0.15, 0.2) is 72.8 Å². The first-order chi connectivity index (χ1) is 13.3. The molecular weight excluding hydrogens is 336 g/mol. The van der Waals surface area contributed by atoms with E-state index in [1.165, 1.54) is 0 Å². The Hall–Kier alpha value is -3.11. The van der Waals surface area contributed by atoms with Crippen LogP contribution >= 0.6 is 0 Å². The minimum atomic E-state index is 0.000859. The van der Waals surface area contributed by atoms with Gasteiger partial charge in [0.15, 0.2) is 0 Å². The Balaban J connectivity index is 1.57. The predicted octanol–water partition coefficient (Wildman–Crippen LogP) is 4.32. The molecule has 1 fully saturated rings. The second-order valence-corrected chi connectivity index (χ2v) is 6.82. The van der Waals surface area contributed by atoms with Crippen LogP contribution in [-0.2, 0) is 4.74 Å². The quantitative estimate of drug-likeness (QED) is 0.536. The number of fused-ring (bicyclic) bond motifs is 3. The zero-order chi connectivity index (χ0) is 18.2. The van der Waals surface area contributed by atoms with E-state index in [9.17, 15) is 4.79 Å². The zero-order valence-electron chi connectivity index (χ0n) is 15.0. The number of carbonyl (C=O) groups is 1. The lowest BCUT2D eigenvalue weighted by Gasteiger charge is -2.28. The van der Waals surface area contributed by atoms with Gasteiger partial charge >= 0.3 is 0 Å². The Kier molecular flexibility index (Phi) is 3.91. The molecule has 0 bridgehead atoms. The molecule has 0 atom stereocenters. The number of hydrogen-bond acceptors (Lipinski definition) is 3. The van der Waals surface area contributed by atoms with Crippen molar-refractivity contribution < 1.29 is 9.53 Å². The summed E-state index contributed by atoms with van der Waals surface area (Å²) in [5, 5.41) is 2.21. The fourth-order valence-electron chi connectivity index (χ4n) is 3.91. The van der Waals surface area contributed by atoms with Crippen molar-refractivity contribution in [2.45, 2.75) is 0 Å². The number of para-hydroxylation sites is 2. The van der Waals surface area contributed by atoms with Crippen molar-refractivity contribution in [1.29, 1.82) is 0 Å². The standard InChI is InChI=1S/C23H20N2O2/c26-23(17-9-11-18(12-10-17)24-13-15-27-16-14-24)25-21-7-3-1-5-19(21)20-6-2-4-8-22(20)25/h1-12H,13-16H2. The van der Waals surface area contributed by atoms with E-state index in [0.717, 1.165) is 53.8 Å². The molecule has 1 aliphatic rings. The number of hydrogen-bond donors (Lipinski definition) is 0. The molecule has 0 aliphatic carbocycles. The summed E-state index contributed by atoms with van der Waals surface area (Å²) in [5.41, 5.74) is 3.72. The Morgan fingerprint density at radius 3 is 1.89 bits per heavy atom. The first-order valence-electron chi connectivity index (χ1n) is 9.28. The summed E-state index contributed by atoms with van der Waals surface area (Å²) in [4.78, 5) is 15.6. The largest absolute Gasteiger partial charge is 0.378 e. The number of carbonyl (C=O) groups excluding carboxylic acids is 1. The number of anilines is 1. The van der Waals surface area contributed by atoms with Gasteiger partial charge < -0.3 is 9.64 Å². The average Bonchev–Trinajstić information content (AvgIpc) is 3.08. The topological polar surface area (TPSA) is 34.5 Å². The van der Waals surface area contributed by atoms with Crippen LogP contribution in [0.1, 0.15) is 10.4 Å². The van der Waals surface area contributed by atoms with E-state index in [0.29, 0.717) is 5.56 Å². The highest BCUT2D eigenvalue weighted by molar-refractivity contribution is 6.16. The third kappa shape index (κ3) is 2.69. The number of nitrogens with zero attached hydrogens (tertiary/aromatic N) is 2. The van der Waals surface area contributed by atoms with E-state index in [1.807, 2.05) is 65.2 Å². The molecule has 5 rings (SSSR count). The normalized spacial score (nSPS) is 14.7. The summed E-state index contributed by atoms with van der Waals surface area (Å²) in [6.07, 6.45) is 0. The van der Waals surface area contributed by atoms with Crippen molar-refractivity contribution >= 4 is 33.4 Å². The molecule has 0 unspecified atom stereocenters. The average molecular weight is 356 g/mol. The van der Waals surface area contributed by atoms with E-state index in [-0.39, 0.29) is 5.91 Å². The SMILES string of the molecule is O=C(c1ccc(N2CCOCC2)cc1)n1c2ccccc2c2ccccc21. The van der Waals surface area contributed by atoms with Gasteiger partial charge in [-0.3, -0.25) is 9.36 Å². The number of morpholine rings is 1. The number of benzene rings is 3. The third-order valence-electron chi connectivity index (χ3n) is 5.27. The van der Waals surface area contributed by atoms with Crippen molar-refractivity contribution in [3.05, 3.63) is 78.4 Å². The Labute approximate surface area is 157 Å². The molecule has 27 heavy (non-hydrogen) atoms. The summed E-state index contributed by atoms with van der Waals surface area (Å²) in [7, 11) is 0. The van der Waals surface area contributed by atoms with Gasteiger partial charge in [0.05, 0.1) is 24.2 Å². The molecule has 0 amide bonds. The van der Waals surface area contributed by atoms with Crippen LogP contribution in [0.2, 0.25) is 0 Å². The Morgan fingerprint density at radius 1 is 0.741 bits per heavy atom. The van der Waals surface area contributed by atoms with Gasteiger partial charge in [-0.05, 0) is 36.4 Å². The molecule has 3 aromatic carbocycles. The van der Waals surface area contributed by atoms with Crippen LogP contribution in [0, 0.1) is 0 Å². The van der Waals surface area contributed by atoms with Gasteiger partial charge in [-0.25, -0.2) is 0 Å². The molecule has 1 aliphatic heterocycles. The van der Waals surface area contributed by atoms with Gasteiger partial charge in [0.1, 0.15) is 0 Å². The maximum atomic E-state index is 13.4. The molecule has 0 radical (unpaired) electrons. The highest BCUT2D eigenvalue weighted by Crippen LogP contribution is 2.29. The molecule has 0 saturated carbocycles. The van der Waals surface area contributed by atoms with Crippen LogP contribution in [0.3, 0.4) is 0 Å². The minimum absolute atomic E-state index is 0.000859. The first kappa shape index (κ1) is 16.1. The van der Waals surface area contributed by atoms with Crippen LogP contribution in [0.5, 0.6) is 0 Å². The molecule has 1 aromatic heterocycles. The second-order valence-electron chi connectivity index (χ2n) is 6.82. The maximum absolute atomic E-state index is 13.4. The summed E-state index contributed by atoms with van der Waals surface area (Å²) < 4.78 is 7.24. The van der Waals surface area contributed by atoms with E-state index >= 15 is 0 Å². The van der Waals surface area contributed by atoms with Crippen LogP contribution in [0.4, 0.5) is 5.69 Å². The predicted molar refractivity (Wildman–Crippen MR) is 109 cm³/mol. The van der Waals surface area contributed by atoms with Gasteiger partial charge in [-0.2, -0.15) is 0 Å². The monoisotopic (exact) mass is 356 g/mol. The third-order valence-corrected chi connectivity index (χ3v) is 5.27. The van der Waals surface area contributed by atoms with Gasteiger partial charge in [0.25, 0.3) is 5.91 Å². The Bertz CT molecular complexity index is 1070. The van der Waals surface area contributed by atoms with Crippen molar-refractivity contribution in [1.82, 2.24) is 4.57 Å². The van der Waals surface area contributed by atoms with E-state index in [1.54, 1.807) is 0 Å². The smallest absolute Gasteiger partial charge is 0.262 e. The molecule has 1 saturated heterocycles. The van der Waals surface area contributed by atoms with Crippen LogP contribution in [0.25, 0.3) is 21.8 Å². The number of aromatic nitrogens is 1. The van der Waals surface area contributed by atoms with E-state index in [2.05, 4.69) is 17.0 Å². The highest BCUT2D eigenvalue weighted by Gasteiger charge is 2.18. The molecule has 0 N–H and O–H groups in total. The van der Waals surface area contributed by atoms with Crippen molar-refractivity contribution in [3.8, 4) is 0 Å². The fraction of sp³-hybridized carbons (Fsp3) is 0.174. The highest BCUT2D eigenvalue weighted by atomic mass is 16.5. The summed E-state index contributed by atoms with van der Waals surface area (Å²) >= 11 is 0. The van der Waals surface area contributed by atoms with Crippen molar-refractivity contribution in [2.75, 3.05) is 31.2 Å². The summed E-state index contributed by atoms with van der Waals surface area (Å²) in [5.74, 6) is 0.000859. The molecule has 4 heteroatoms. The number of rotatable bonds is 2. The lowest BCUT2D eigenvalue weighted by molar-refractivity contribution is 0.0969. The molecule has 4 nitrogen and oxygen atoms in total. The van der Waals surface area contributed by atoms with Crippen molar-refractivity contribution in [2.24, 2.45) is 0 Å². The molecule has 4 aromatic rings. The minimum Gasteiger partial charge on any atom is -0.378 e. The lowest BCUT2D eigenvalue weighted by Crippen LogP contribution is -2.36. The lowest BCUT2D eigenvalue weighted by atomic mass is 10.1. The Morgan fingerprint density at radius 2 is 1.30 bits per heavy atom. The van der Waals surface area contributed by atoms with E-state index in [4.69, 9.17) is 4.74 Å². The van der Waals surface area contributed by atoms with Crippen LogP contribution < -0.4 is 4.90 Å². The first-order valence-corrected chi connectivity index (χ1v) is 9.28. The molecule has 0 spiro atoms. The van der Waals surface area contributed by atoms with Gasteiger partial charge in [-0.15, -0.1) is 0 Å². The molecule has 2 heterocycles. The van der Waals surface area contributed by atoms with Crippen molar-refractivity contribution in [3.63, 3.8) is 0 Å². The van der Waals surface area contributed by atoms with Crippen LogP contribution in [-0.4, -0.2) is 36.8 Å². The fourth-order valence-corrected chi connectivity index (χ4v) is 3.91. The summed E-state index contributed by atoms with van der Waals surface area (Å²) in [6.45, 7) is 3.28. The zero-order valence-corrected chi connectivity index (χ0v) is 15.0.